The Kier molecular flexibility index (Phi) is 6.41. The topological polar surface area (TPSA) is 34.1 Å². The Bertz CT molecular complexity index is 385. The van der Waals surface area contributed by atoms with Gasteiger partial charge in [-0.1, -0.05) is 0 Å². The van der Waals surface area contributed by atoms with E-state index in [4.69, 9.17) is 4.99 Å². The van der Waals surface area contributed by atoms with Crippen molar-refractivity contribution in [2.24, 2.45) is 4.99 Å². The van der Waals surface area contributed by atoms with Crippen molar-refractivity contribution in [2.75, 3.05) is 65.7 Å². The Balaban J connectivity index is 2.00. The predicted octanol–water partition coefficient (Wildman–Crippen LogP) is 1.03. The molecule has 0 aromatic heterocycles. The Morgan fingerprint density at radius 2 is 2.05 bits per heavy atom. The maximum Gasteiger partial charge on any atom is 0.194 e. The summed E-state index contributed by atoms with van der Waals surface area (Å²) in [6, 6.07) is 0.527. The molecular weight excluding hydrogens is 294 g/mol. The fraction of sp³-hybridized carbons (Fsp3) is 0.938. The van der Waals surface area contributed by atoms with Crippen LogP contribution in [0.2, 0.25) is 0 Å². The monoisotopic (exact) mass is 327 g/mol. The number of guanidine groups is 1. The highest BCUT2D eigenvalue weighted by Crippen LogP contribution is 2.29. The van der Waals surface area contributed by atoms with Crippen LogP contribution in [0.4, 0.5) is 0 Å². The third-order valence-electron chi connectivity index (χ3n) is 4.49. The molecule has 6 heteroatoms. The fourth-order valence-corrected chi connectivity index (χ4v) is 4.22. The molecule has 2 fully saturated rings. The Hall–Kier alpha value is -0.460. The molecule has 22 heavy (non-hydrogen) atoms. The van der Waals surface area contributed by atoms with Crippen molar-refractivity contribution < 1.29 is 0 Å². The zero-order valence-corrected chi connectivity index (χ0v) is 15.7. The van der Waals surface area contributed by atoms with Crippen LogP contribution >= 0.6 is 11.8 Å². The van der Waals surface area contributed by atoms with E-state index in [1.54, 1.807) is 0 Å². The smallest absolute Gasteiger partial charge is 0.194 e. The van der Waals surface area contributed by atoms with E-state index in [2.05, 4.69) is 66.6 Å². The van der Waals surface area contributed by atoms with Crippen LogP contribution in [0.15, 0.2) is 4.99 Å². The van der Waals surface area contributed by atoms with Crippen molar-refractivity contribution in [1.82, 2.24) is 20.0 Å². The number of nitrogens with zero attached hydrogens (tertiary/aromatic N) is 4. The molecule has 1 unspecified atom stereocenters. The summed E-state index contributed by atoms with van der Waals surface area (Å²) in [6.45, 7) is 14.2. The maximum atomic E-state index is 4.97. The van der Waals surface area contributed by atoms with Gasteiger partial charge in [-0.2, -0.15) is 11.8 Å². The van der Waals surface area contributed by atoms with E-state index in [1.165, 1.54) is 5.75 Å². The lowest BCUT2D eigenvalue weighted by Crippen LogP contribution is -2.53. The standard InChI is InChI=1S/C16H33N5S/c1-6-17-15(21-9-10-22-16(2,3)13-21)18-11-14-12-19(4)7-8-20(14)5/h14H,6-13H2,1-5H3,(H,17,18). The van der Waals surface area contributed by atoms with Crippen LogP contribution in [0.1, 0.15) is 20.8 Å². The first-order valence-electron chi connectivity index (χ1n) is 8.47. The molecule has 0 spiro atoms. The van der Waals surface area contributed by atoms with Crippen molar-refractivity contribution in [1.29, 1.82) is 0 Å². The van der Waals surface area contributed by atoms with Gasteiger partial charge in [0.25, 0.3) is 0 Å². The molecule has 5 nitrogen and oxygen atoms in total. The summed E-state index contributed by atoms with van der Waals surface area (Å²) >= 11 is 2.07. The molecule has 2 saturated heterocycles. The van der Waals surface area contributed by atoms with Crippen molar-refractivity contribution in [2.45, 2.75) is 31.6 Å². The number of hydrogen-bond donors (Lipinski definition) is 1. The second-order valence-electron chi connectivity index (χ2n) is 7.12. The molecule has 0 radical (unpaired) electrons. The number of aliphatic imine (C=N–C) groups is 1. The first-order chi connectivity index (χ1) is 10.4. The Morgan fingerprint density at radius 3 is 2.73 bits per heavy atom. The molecule has 0 bridgehead atoms. The van der Waals surface area contributed by atoms with Crippen LogP contribution in [0.25, 0.3) is 0 Å². The molecule has 2 aliphatic heterocycles. The molecule has 1 N–H and O–H groups in total. The molecule has 1 atom stereocenters. The molecule has 0 aliphatic carbocycles. The van der Waals surface area contributed by atoms with Crippen LogP contribution in [-0.4, -0.2) is 97.1 Å². The summed E-state index contributed by atoms with van der Waals surface area (Å²) in [7, 11) is 4.43. The molecule has 2 heterocycles. The van der Waals surface area contributed by atoms with Crippen LogP contribution < -0.4 is 5.32 Å². The third kappa shape index (κ3) is 5.03. The zero-order chi connectivity index (χ0) is 16.2. The summed E-state index contributed by atoms with van der Waals surface area (Å²) in [4.78, 5) is 12.3. The third-order valence-corrected chi connectivity index (χ3v) is 5.79. The van der Waals surface area contributed by atoms with E-state index >= 15 is 0 Å². The van der Waals surface area contributed by atoms with Gasteiger partial charge in [0, 0.05) is 55.8 Å². The average molecular weight is 328 g/mol. The van der Waals surface area contributed by atoms with E-state index in [-0.39, 0.29) is 0 Å². The normalized spacial score (nSPS) is 28.0. The lowest BCUT2D eigenvalue weighted by molar-refractivity contribution is 0.119. The van der Waals surface area contributed by atoms with Gasteiger partial charge in [0.1, 0.15) is 0 Å². The number of thioether (sulfide) groups is 1. The number of nitrogens with one attached hydrogen (secondary N) is 1. The Morgan fingerprint density at radius 1 is 1.27 bits per heavy atom. The molecule has 2 aliphatic rings. The molecular formula is C16H33N5S. The molecule has 2 rings (SSSR count). The quantitative estimate of drug-likeness (QED) is 0.618. The van der Waals surface area contributed by atoms with Gasteiger partial charge in [0.2, 0.25) is 0 Å². The lowest BCUT2D eigenvalue weighted by atomic mass is 10.2. The van der Waals surface area contributed by atoms with E-state index in [9.17, 15) is 0 Å². The summed E-state index contributed by atoms with van der Waals surface area (Å²) in [5, 5.41) is 3.49. The lowest BCUT2D eigenvalue weighted by Gasteiger charge is -2.40. The van der Waals surface area contributed by atoms with Gasteiger partial charge in [0.15, 0.2) is 5.96 Å². The van der Waals surface area contributed by atoms with Crippen molar-refractivity contribution in [3.05, 3.63) is 0 Å². The molecule has 0 aromatic rings. The predicted molar refractivity (Wildman–Crippen MR) is 98.0 cm³/mol. The molecule has 128 valence electrons. The molecule has 0 saturated carbocycles. The van der Waals surface area contributed by atoms with Crippen LogP contribution in [-0.2, 0) is 0 Å². The summed E-state index contributed by atoms with van der Waals surface area (Å²) in [5.74, 6) is 2.28. The van der Waals surface area contributed by atoms with Gasteiger partial charge in [-0.15, -0.1) is 0 Å². The zero-order valence-electron chi connectivity index (χ0n) is 14.9. The largest absolute Gasteiger partial charge is 0.357 e. The summed E-state index contributed by atoms with van der Waals surface area (Å²) < 4.78 is 0.316. The van der Waals surface area contributed by atoms with Gasteiger partial charge in [-0.25, -0.2) is 0 Å². The van der Waals surface area contributed by atoms with Gasteiger partial charge < -0.3 is 15.1 Å². The van der Waals surface area contributed by atoms with E-state index in [0.29, 0.717) is 10.8 Å². The van der Waals surface area contributed by atoms with Gasteiger partial charge in [0.05, 0.1) is 6.54 Å². The number of hydrogen-bond acceptors (Lipinski definition) is 4. The van der Waals surface area contributed by atoms with E-state index in [0.717, 1.165) is 51.8 Å². The van der Waals surface area contributed by atoms with Crippen molar-refractivity contribution in [3.8, 4) is 0 Å². The maximum absolute atomic E-state index is 4.97. The first-order valence-corrected chi connectivity index (χ1v) is 9.46. The second-order valence-corrected chi connectivity index (χ2v) is 8.92. The van der Waals surface area contributed by atoms with Crippen LogP contribution in [0, 0.1) is 0 Å². The molecule has 0 aromatic carbocycles. The van der Waals surface area contributed by atoms with E-state index in [1.807, 2.05) is 0 Å². The average Bonchev–Trinajstić information content (AvgIpc) is 2.45. The SMILES string of the molecule is CCNC(=NCC1CN(C)CCN1C)N1CCSC(C)(C)C1. The van der Waals surface area contributed by atoms with Gasteiger partial charge in [-0.3, -0.25) is 9.89 Å². The fourth-order valence-electron chi connectivity index (χ4n) is 3.11. The Labute approximate surface area is 140 Å². The highest BCUT2D eigenvalue weighted by molar-refractivity contribution is 8.00. The minimum absolute atomic E-state index is 0.316. The van der Waals surface area contributed by atoms with E-state index < -0.39 is 0 Å². The van der Waals surface area contributed by atoms with Gasteiger partial charge >= 0.3 is 0 Å². The highest BCUT2D eigenvalue weighted by Gasteiger charge is 2.29. The second kappa shape index (κ2) is 7.88. The number of likely N-dealkylation sites (N-methyl/N-ethyl adjacent to an activating group) is 2. The van der Waals surface area contributed by atoms with Crippen LogP contribution in [0.3, 0.4) is 0 Å². The highest BCUT2D eigenvalue weighted by atomic mass is 32.2. The molecule has 0 amide bonds. The van der Waals surface area contributed by atoms with Crippen LogP contribution in [0.5, 0.6) is 0 Å². The summed E-state index contributed by atoms with van der Waals surface area (Å²) in [6.07, 6.45) is 0. The minimum atomic E-state index is 0.316. The number of rotatable bonds is 3. The van der Waals surface area contributed by atoms with Gasteiger partial charge in [-0.05, 0) is 34.9 Å². The number of piperazine rings is 1. The first kappa shape index (κ1) is 17.9. The van der Waals surface area contributed by atoms with Crippen molar-refractivity contribution >= 4 is 17.7 Å². The van der Waals surface area contributed by atoms with Crippen molar-refractivity contribution in [3.63, 3.8) is 0 Å². The summed E-state index contributed by atoms with van der Waals surface area (Å²) in [5.41, 5.74) is 0. The minimum Gasteiger partial charge on any atom is -0.357 e.